The van der Waals surface area contributed by atoms with E-state index in [-0.39, 0.29) is 0 Å². The van der Waals surface area contributed by atoms with Crippen molar-refractivity contribution in [3.05, 3.63) is 36.2 Å². The van der Waals surface area contributed by atoms with E-state index in [1.807, 2.05) is 18.2 Å². The number of nitrogens with one attached hydrogen (secondary N) is 1. The lowest BCUT2D eigenvalue weighted by molar-refractivity contribution is -0.156. The predicted molar refractivity (Wildman–Crippen MR) is 80.9 cm³/mol. The van der Waals surface area contributed by atoms with E-state index in [4.69, 9.17) is 9.47 Å². The molecule has 23 heavy (non-hydrogen) atoms. The Balaban J connectivity index is 2.22. The van der Waals surface area contributed by atoms with Crippen LogP contribution in [0, 0.1) is 5.92 Å². The molecule has 3 atom stereocenters. The Morgan fingerprint density at radius 3 is 2.83 bits per heavy atom. The summed E-state index contributed by atoms with van der Waals surface area (Å²) in [6, 6.07) is 6.66. The highest BCUT2D eigenvalue weighted by Gasteiger charge is 2.51. The van der Waals surface area contributed by atoms with Gasteiger partial charge in [0.05, 0.1) is 14.2 Å². The first-order valence-electron chi connectivity index (χ1n) is 7.10. The van der Waals surface area contributed by atoms with Gasteiger partial charge in [0.1, 0.15) is 24.0 Å². The molecule has 0 spiro atoms. The Labute approximate surface area is 133 Å². The number of ether oxygens (including phenoxy) is 2. The summed E-state index contributed by atoms with van der Waals surface area (Å²) in [5.74, 6) is -0.533. The van der Waals surface area contributed by atoms with Crippen molar-refractivity contribution in [1.82, 2.24) is 14.8 Å². The first-order valence-corrected chi connectivity index (χ1v) is 7.10. The molecule has 1 aromatic heterocycles. The summed E-state index contributed by atoms with van der Waals surface area (Å²) >= 11 is 0. The molecule has 0 saturated carbocycles. The number of aliphatic hydroxyl groups is 1. The van der Waals surface area contributed by atoms with Crippen LogP contribution in [0.1, 0.15) is 18.5 Å². The number of aromatic nitrogens is 3. The molecule has 0 aliphatic carbocycles. The van der Waals surface area contributed by atoms with Crippen LogP contribution in [0.5, 0.6) is 5.75 Å². The third kappa shape index (κ3) is 2.40. The van der Waals surface area contributed by atoms with E-state index in [1.165, 1.54) is 20.4 Å². The average molecular weight is 318 g/mol. The van der Waals surface area contributed by atoms with Crippen LogP contribution in [-0.2, 0) is 9.53 Å². The maximum atomic E-state index is 12.4. The zero-order chi connectivity index (χ0) is 16.6. The molecule has 8 heteroatoms. The first kappa shape index (κ1) is 15.3. The Kier molecular flexibility index (Phi) is 3.69. The van der Waals surface area contributed by atoms with Gasteiger partial charge >= 0.3 is 5.97 Å². The van der Waals surface area contributed by atoms with E-state index >= 15 is 0 Å². The molecular weight excluding hydrogens is 300 g/mol. The third-order valence-electron chi connectivity index (χ3n) is 4.04. The SMILES string of the molecule is COC(=O)[C@@H]1[C@H](c2ccccc2OC)n2ncnc2N[C@@]1(C)O. The molecule has 1 aromatic carbocycles. The van der Waals surface area contributed by atoms with Gasteiger partial charge in [-0.3, -0.25) is 4.79 Å². The Hall–Kier alpha value is -2.61. The van der Waals surface area contributed by atoms with Gasteiger partial charge in [0.2, 0.25) is 5.95 Å². The number of hydrogen-bond acceptors (Lipinski definition) is 7. The van der Waals surface area contributed by atoms with Crippen molar-refractivity contribution in [3.8, 4) is 5.75 Å². The maximum Gasteiger partial charge on any atom is 0.316 e. The number of carbonyl (C=O) groups excluding carboxylic acids is 1. The van der Waals surface area contributed by atoms with Crippen molar-refractivity contribution in [2.24, 2.45) is 5.92 Å². The highest BCUT2D eigenvalue weighted by molar-refractivity contribution is 5.76. The second kappa shape index (κ2) is 5.54. The number of methoxy groups -OCH3 is 2. The summed E-state index contributed by atoms with van der Waals surface area (Å²) in [6.45, 7) is 1.51. The molecule has 2 N–H and O–H groups in total. The average Bonchev–Trinajstić information content (AvgIpc) is 2.99. The lowest BCUT2D eigenvalue weighted by atomic mass is 9.83. The van der Waals surface area contributed by atoms with Gasteiger partial charge in [0.15, 0.2) is 5.72 Å². The number of benzene rings is 1. The maximum absolute atomic E-state index is 12.4. The first-order chi connectivity index (χ1) is 11.0. The number of fused-ring (bicyclic) bond motifs is 1. The topological polar surface area (TPSA) is 98.5 Å². The van der Waals surface area contributed by atoms with Crippen LogP contribution < -0.4 is 10.1 Å². The van der Waals surface area contributed by atoms with E-state index in [0.717, 1.165) is 0 Å². The lowest BCUT2D eigenvalue weighted by Crippen LogP contribution is -2.55. The highest BCUT2D eigenvalue weighted by Crippen LogP contribution is 2.43. The smallest absolute Gasteiger partial charge is 0.316 e. The fourth-order valence-electron chi connectivity index (χ4n) is 3.00. The fraction of sp³-hybridized carbons (Fsp3) is 0.400. The van der Waals surface area contributed by atoms with E-state index in [9.17, 15) is 9.90 Å². The summed E-state index contributed by atoms with van der Waals surface area (Å²) in [7, 11) is 2.84. The number of esters is 1. The normalized spacial score (nSPS) is 26.1. The van der Waals surface area contributed by atoms with Crippen molar-refractivity contribution in [2.75, 3.05) is 19.5 Å². The molecule has 122 valence electrons. The van der Waals surface area contributed by atoms with Gasteiger partial charge in [-0.05, 0) is 13.0 Å². The molecule has 0 radical (unpaired) electrons. The Morgan fingerprint density at radius 2 is 2.13 bits per heavy atom. The van der Waals surface area contributed by atoms with Crippen LogP contribution in [-0.4, -0.2) is 45.8 Å². The molecule has 1 aliphatic heterocycles. The molecule has 1 aliphatic rings. The quantitative estimate of drug-likeness (QED) is 0.808. The Morgan fingerprint density at radius 1 is 1.39 bits per heavy atom. The van der Waals surface area contributed by atoms with Gasteiger partial charge in [-0.25, -0.2) is 4.68 Å². The minimum absolute atomic E-state index is 0.367. The summed E-state index contributed by atoms with van der Waals surface area (Å²) in [5.41, 5.74) is -0.847. The summed E-state index contributed by atoms with van der Waals surface area (Å²) in [6.07, 6.45) is 1.36. The van der Waals surface area contributed by atoms with Crippen LogP contribution >= 0.6 is 0 Å². The van der Waals surface area contributed by atoms with Gasteiger partial charge in [-0.1, -0.05) is 18.2 Å². The fourth-order valence-corrected chi connectivity index (χ4v) is 3.00. The Bertz CT molecular complexity index is 728. The monoisotopic (exact) mass is 318 g/mol. The number of rotatable bonds is 3. The van der Waals surface area contributed by atoms with E-state index in [1.54, 1.807) is 17.9 Å². The van der Waals surface area contributed by atoms with Crippen molar-refractivity contribution < 1.29 is 19.4 Å². The minimum atomic E-state index is -1.55. The largest absolute Gasteiger partial charge is 0.496 e. The van der Waals surface area contributed by atoms with Crippen LogP contribution in [0.25, 0.3) is 0 Å². The van der Waals surface area contributed by atoms with E-state index in [2.05, 4.69) is 15.4 Å². The second-order valence-corrected chi connectivity index (χ2v) is 5.49. The van der Waals surface area contributed by atoms with Crippen molar-refractivity contribution >= 4 is 11.9 Å². The minimum Gasteiger partial charge on any atom is -0.496 e. The van der Waals surface area contributed by atoms with Gasteiger partial charge < -0.3 is 19.9 Å². The molecule has 0 fully saturated rings. The molecule has 2 heterocycles. The van der Waals surface area contributed by atoms with Gasteiger partial charge in [-0.2, -0.15) is 10.1 Å². The number of nitrogens with zero attached hydrogens (tertiary/aromatic N) is 3. The van der Waals surface area contributed by atoms with Crippen molar-refractivity contribution in [2.45, 2.75) is 18.7 Å². The molecule has 2 aromatic rings. The number of para-hydroxylation sites is 1. The zero-order valence-electron chi connectivity index (χ0n) is 13.1. The summed E-state index contributed by atoms with van der Waals surface area (Å²) in [5, 5.41) is 17.8. The van der Waals surface area contributed by atoms with Gasteiger partial charge in [0, 0.05) is 5.56 Å². The van der Waals surface area contributed by atoms with Crippen LogP contribution in [0.2, 0.25) is 0 Å². The molecular formula is C15H18N4O4. The lowest BCUT2D eigenvalue weighted by Gasteiger charge is -2.41. The molecule has 0 amide bonds. The summed E-state index contributed by atoms with van der Waals surface area (Å²) in [4.78, 5) is 16.5. The highest BCUT2D eigenvalue weighted by atomic mass is 16.5. The van der Waals surface area contributed by atoms with Crippen LogP contribution in [0.3, 0.4) is 0 Å². The summed E-state index contributed by atoms with van der Waals surface area (Å²) < 4.78 is 11.9. The molecule has 3 rings (SSSR count). The predicted octanol–water partition coefficient (Wildman–Crippen LogP) is 0.799. The third-order valence-corrected chi connectivity index (χ3v) is 4.04. The van der Waals surface area contributed by atoms with Crippen LogP contribution in [0.4, 0.5) is 5.95 Å². The standard InChI is InChI=1S/C15H18N4O4/c1-15(21)11(13(20)23-3)12(19-14(18-15)16-8-17-19)9-6-4-5-7-10(9)22-2/h4-8,11-12,21H,1-3H3,(H,16,17,18)/t11-,12-,15-/m0/s1. The zero-order valence-corrected chi connectivity index (χ0v) is 13.1. The van der Waals surface area contributed by atoms with Crippen molar-refractivity contribution in [1.29, 1.82) is 0 Å². The van der Waals surface area contributed by atoms with Crippen LogP contribution in [0.15, 0.2) is 30.6 Å². The van der Waals surface area contributed by atoms with Gasteiger partial charge in [-0.15, -0.1) is 0 Å². The van der Waals surface area contributed by atoms with E-state index < -0.39 is 23.7 Å². The van der Waals surface area contributed by atoms with E-state index in [0.29, 0.717) is 17.3 Å². The number of carbonyl (C=O) groups is 1. The molecule has 0 unspecified atom stereocenters. The van der Waals surface area contributed by atoms with Crippen molar-refractivity contribution in [3.63, 3.8) is 0 Å². The van der Waals surface area contributed by atoms with Gasteiger partial charge in [0.25, 0.3) is 0 Å². The molecule has 0 bridgehead atoms. The molecule has 8 nitrogen and oxygen atoms in total. The number of hydrogen-bond donors (Lipinski definition) is 2. The molecule has 0 saturated heterocycles. The number of anilines is 1. The second-order valence-electron chi connectivity index (χ2n) is 5.49.